The van der Waals surface area contributed by atoms with Crippen molar-refractivity contribution in [3.05, 3.63) is 28.6 Å². The fourth-order valence-corrected chi connectivity index (χ4v) is 4.82. The van der Waals surface area contributed by atoms with Gasteiger partial charge in [-0.2, -0.15) is 0 Å². The van der Waals surface area contributed by atoms with E-state index >= 15 is 0 Å². The number of carbonyl (C=O) groups excluding carboxylic acids is 1. The van der Waals surface area contributed by atoms with Crippen LogP contribution in [-0.2, 0) is 4.74 Å². The molecule has 0 unspecified atom stereocenters. The molecule has 0 radical (unpaired) electrons. The molecular formula is C23H34ClN5O2. The lowest BCUT2D eigenvalue weighted by molar-refractivity contribution is 0.00947. The molecular weight excluding hydrogens is 414 g/mol. The van der Waals surface area contributed by atoms with Gasteiger partial charge in [-0.3, -0.25) is 4.90 Å². The van der Waals surface area contributed by atoms with Gasteiger partial charge in [-0.25, -0.2) is 9.64 Å². The lowest BCUT2D eigenvalue weighted by atomic mass is 9.98. The summed E-state index contributed by atoms with van der Waals surface area (Å²) in [5.41, 5.74) is 7.36. The fraction of sp³-hybridized carbons (Fsp3) is 0.652. The summed E-state index contributed by atoms with van der Waals surface area (Å²) in [6.45, 7) is 19.3. The number of piperidine rings is 1. The van der Waals surface area contributed by atoms with E-state index in [1.807, 2.05) is 31.7 Å². The number of hydrogen-bond acceptors (Lipinski definition) is 5. The second kappa shape index (κ2) is 9.54. The third-order valence-corrected chi connectivity index (χ3v) is 6.44. The quantitative estimate of drug-likeness (QED) is 0.533. The Bertz CT molecular complexity index is 840. The lowest BCUT2D eigenvalue weighted by Crippen LogP contribution is -2.58. The molecule has 2 fully saturated rings. The van der Waals surface area contributed by atoms with E-state index in [1.54, 1.807) is 6.07 Å². The second-order valence-corrected chi connectivity index (χ2v) is 9.83. The molecule has 0 aromatic heterocycles. The normalized spacial score (nSPS) is 21.1. The molecule has 170 valence electrons. The van der Waals surface area contributed by atoms with E-state index in [2.05, 4.69) is 21.6 Å². The van der Waals surface area contributed by atoms with Crippen LogP contribution in [0, 0.1) is 6.57 Å². The average Bonchev–Trinajstić information content (AvgIpc) is 2.73. The molecule has 2 aliphatic heterocycles. The predicted octanol–water partition coefficient (Wildman–Crippen LogP) is 4.77. The maximum atomic E-state index is 12.4. The summed E-state index contributed by atoms with van der Waals surface area (Å²) in [7, 11) is 0. The summed E-state index contributed by atoms with van der Waals surface area (Å²) in [5.74, 6) is 0. The van der Waals surface area contributed by atoms with E-state index in [0.717, 1.165) is 57.7 Å². The van der Waals surface area contributed by atoms with Gasteiger partial charge in [0.05, 0.1) is 17.3 Å². The molecule has 0 bridgehead atoms. The van der Waals surface area contributed by atoms with Gasteiger partial charge in [-0.1, -0.05) is 18.5 Å². The van der Waals surface area contributed by atoms with Gasteiger partial charge in [0, 0.05) is 50.5 Å². The highest BCUT2D eigenvalue weighted by molar-refractivity contribution is 6.33. The summed E-state index contributed by atoms with van der Waals surface area (Å²) < 4.78 is 5.53. The van der Waals surface area contributed by atoms with Crippen LogP contribution in [0.15, 0.2) is 12.1 Å². The van der Waals surface area contributed by atoms with Crippen LogP contribution in [-0.4, -0.2) is 66.3 Å². The van der Waals surface area contributed by atoms with Crippen molar-refractivity contribution in [2.75, 3.05) is 43.4 Å². The molecule has 31 heavy (non-hydrogen) atoms. The largest absolute Gasteiger partial charge is 0.444 e. The molecule has 0 spiro atoms. The number of ether oxygens (including phenoxy) is 1. The van der Waals surface area contributed by atoms with E-state index in [9.17, 15) is 4.79 Å². The molecule has 2 N–H and O–H groups in total. The Morgan fingerprint density at radius 2 is 1.94 bits per heavy atom. The maximum absolute atomic E-state index is 12.4. The Kier molecular flexibility index (Phi) is 7.23. The lowest BCUT2D eigenvalue weighted by Gasteiger charge is -2.48. The number of piperazine rings is 1. The predicted molar refractivity (Wildman–Crippen MR) is 126 cm³/mol. The first kappa shape index (κ1) is 23.5. The van der Waals surface area contributed by atoms with Gasteiger partial charge in [-0.05, 0) is 52.2 Å². The van der Waals surface area contributed by atoms with Crippen LogP contribution >= 0.6 is 11.6 Å². The molecule has 1 amide bonds. The number of amides is 1. The molecule has 3 rings (SSSR count). The second-order valence-electron chi connectivity index (χ2n) is 9.42. The van der Waals surface area contributed by atoms with Crippen molar-refractivity contribution in [3.8, 4) is 0 Å². The summed E-state index contributed by atoms with van der Waals surface area (Å²) in [5, 5.41) is 0.578. The molecule has 2 saturated heterocycles. The third-order valence-electron chi connectivity index (χ3n) is 6.14. The highest BCUT2D eigenvalue weighted by Crippen LogP contribution is 2.37. The number of nitrogen functional groups attached to an aromatic ring is 1. The smallest absolute Gasteiger partial charge is 0.410 e. The van der Waals surface area contributed by atoms with Gasteiger partial charge >= 0.3 is 6.09 Å². The highest BCUT2D eigenvalue weighted by atomic mass is 35.5. The van der Waals surface area contributed by atoms with Crippen LogP contribution in [0.2, 0.25) is 5.02 Å². The number of anilines is 2. The zero-order valence-electron chi connectivity index (χ0n) is 19.0. The molecule has 1 atom stereocenters. The molecule has 7 nitrogen and oxygen atoms in total. The van der Waals surface area contributed by atoms with E-state index in [0.29, 0.717) is 28.5 Å². The van der Waals surface area contributed by atoms with Crippen molar-refractivity contribution in [2.24, 2.45) is 0 Å². The third kappa shape index (κ3) is 5.55. The maximum Gasteiger partial charge on any atom is 0.410 e. The van der Waals surface area contributed by atoms with Crippen LogP contribution in [0.25, 0.3) is 4.85 Å². The van der Waals surface area contributed by atoms with Gasteiger partial charge in [0.15, 0.2) is 0 Å². The van der Waals surface area contributed by atoms with Gasteiger partial charge < -0.3 is 20.3 Å². The first-order valence-electron chi connectivity index (χ1n) is 11.1. The van der Waals surface area contributed by atoms with Crippen molar-refractivity contribution in [2.45, 2.75) is 64.6 Å². The zero-order valence-corrected chi connectivity index (χ0v) is 19.8. The zero-order chi connectivity index (χ0) is 22.8. The average molecular weight is 448 g/mol. The fourth-order valence-electron chi connectivity index (χ4n) is 4.55. The number of nitrogens with two attached hydrogens (primary N) is 1. The standard InChI is InChI=1S/C23H34ClN5O2/c1-6-16-15-28(21-14-19(25)20(26-5)13-18(21)24)11-12-29(16)17-7-9-27(10-8-17)22(30)31-23(2,3)4/h13-14,16-17H,6-12,15,25H2,1-4H3/t16-/m0/s1. The minimum atomic E-state index is -0.463. The van der Waals surface area contributed by atoms with E-state index in [-0.39, 0.29) is 6.09 Å². The molecule has 0 saturated carbocycles. The molecule has 8 heteroatoms. The van der Waals surface area contributed by atoms with Crippen LogP contribution in [0.4, 0.5) is 21.9 Å². The Labute approximate surface area is 190 Å². The van der Waals surface area contributed by atoms with E-state index in [4.69, 9.17) is 28.6 Å². The SMILES string of the molecule is [C-]#[N+]c1cc(Cl)c(N2CCN(C3CCN(C(=O)OC(C)(C)C)CC3)[C@@H](CC)C2)cc1N. The minimum Gasteiger partial charge on any atom is -0.444 e. The topological polar surface area (TPSA) is 66.4 Å². The van der Waals surface area contributed by atoms with Gasteiger partial charge in [0.25, 0.3) is 0 Å². The number of hydrogen-bond donors (Lipinski definition) is 1. The molecule has 2 heterocycles. The van der Waals surface area contributed by atoms with Gasteiger partial charge in [0.2, 0.25) is 5.69 Å². The molecule has 1 aromatic carbocycles. The summed E-state index contributed by atoms with van der Waals surface area (Å²) in [6.07, 6.45) is 2.75. The monoisotopic (exact) mass is 447 g/mol. The minimum absolute atomic E-state index is 0.210. The van der Waals surface area contributed by atoms with Crippen molar-refractivity contribution in [3.63, 3.8) is 0 Å². The highest BCUT2D eigenvalue weighted by Gasteiger charge is 2.35. The first-order valence-corrected chi connectivity index (χ1v) is 11.5. The number of likely N-dealkylation sites (tertiary alicyclic amines) is 1. The summed E-state index contributed by atoms with van der Waals surface area (Å²) >= 11 is 6.48. The Morgan fingerprint density at radius 1 is 1.26 bits per heavy atom. The Balaban J connectivity index is 1.62. The van der Waals surface area contributed by atoms with Gasteiger partial charge in [-0.15, -0.1) is 0 Å². The number of rotatable bonds is 3. The number of carbonyl (C=O) groups is 1. The van der Waals surface area contributed by atoms with Crippen LogP contribution in [0.3, 0.4) is 0 Å². The van der Waals surface area contributed by atoms with Crippen molar-refractivity contribution >= 4 is 34.8 Å². The molecule has 2 aliphatic rings. The first-order chi connectivity index (χ1) is 14.6. The van der Waals surface area contributed by atoms with Gasteiger partial charge in [0.1, 0.15) is 5.60 Å². The Hall–Kier alpha value is -2.17. The molecule has 1 aromatic rings. The summed E-state index contributed by atoms with van der Waals surface area (Å²) in [4.78, 5) is 22.5. The number of nitrogens with zero attached hydrogens (tertiary/aromatic N) is 4. The molecule has 0 aliphatic carbocycles. The Morgan fingerprint density at radius 3 is 2.52 bits per heavy atom. The number of halogens is 1. The van der Waals surface area contributed by atoms with E-state index < -0.39 is 5.60 Å². The number of benzene rings is 1. The van der Waals surface area contributed by atoms with Crippen LogP contribution in [0.5, 0.6) is 0 Å². The van der Waals surface area contributed by atoms with Crippen molar-refractivity contribution in [1.29, 1.82) is 0 Å². The summed E-state index contributed by atoms with van der Waals surface area (Å²) in [6, 6.07) is 4.37. The van der Waals surface area contributed by atoms with Crippen LogP contribution < -0.4 is 10.6 Å². The van der Waals surface area contributed by atoms with Crippen LogP contribution in [0.1, 0.15) is 47.0 Å². The van der Waals surface area contributed by atoms with Crippen molar-refractivity contribution < 1.29 is 9.53 Å². The van der Waals surface area contributed by atoms with Crippen molar-refractivity contribution in [1.82, 2.24) is 9.80 Å². The van der Waals surface area contributed by atoms with E-state index in [1.165, 1.54) is 0 Å².